The van der Waals surface area contributed by atoms with E-state index < -0.39 is 0 Å². The standard InChI is InChI=1S/C17H19NO4/c1-11(2)22-17(21)12-3-5-14(6-4-12)18-10-13-9-15(19)7-8-16(13)20/h3-9,11,18-20H,10H2,1-2H3. The van der Waals surface area contributed by atoms with Crippen LogP contribution in [-0.2, 0) is 11.3 Å². The Morgan fingerprint density at radius 1 is 1.14 bits per heavy atom. The van der Waals surface area contributed by atoms with Crippen molar-refractivity contribution >= 4 is 11.7 Å². The maximum Gasteiger partial charge on any atom is 0.338 e. The zero-order valence-corrected chi connectivity index (χ0v) is 12.5. The van der Waals surface area contributed by atoms with Crippen LogP contribution in [0.5, 0.6) is 11.5 Å². The summed E-state index contributed by atoms with van der Waals surface area (Å²) >= 11 is 0. The van der Waals surface area contributed by atoms with E-state index in [-0.39, 0.29) is 23.6 Å². The number of benzene rings is 2. The number of ether oxygens (including phenoxy) is 1. The summed E-state index contributed by atoms with van der Waals surface area (Å²) in [7, 11) is 0. The summed E-state index contributed by atoms with van der Waals surface area (Å²) in [5.41, 5.74) is 1.87. The van der Waals surface area contributed by atoms with Gasteiger partial charge in [0.2, 0.25) is 0 Å². The van der Waals surface area contributed by atoms with Gasteiger partial charge in [-0.2, -0.15) is 0 Å². The number of carbonyl (C=O) groups is 1. The molecule has 5 nitrogen and oxygen atoms in total. The van der Waals surface area contributed by atoms with Gasteiger partial charge < -0.3 is 20.3 Å². The van der Waals surface area contributed by atoms with Gasteiger partial charge in [0.1, 0.15) is 11.5 Å². The quantitative estimate of drug-likeness (QED) is 0.583. The number of anilines is 1. The third-order valence-corrected chi connectivity index (χ3v) is 3.01. The predicted octanol–water partition coefficient (Wildman–Crippen LogP) is 3.28. The van der Waals surface area contributed by atoms with Crippen LogP contribution < -0.4 is 5.32 Å². The smallest absolute Gasteiger partial charge is 0.338 e. The van der Waals surface area contributed by atoms with Crippen molar-refractivity contribution < 1.29 is 19.7 Å². The van der Waals surface area contributed by atoms with Gasteiger partial charge in [-0.1, -0.05) is 0 Å². The van der Waals surface area contributed by atoms with Gasteiger partial charge in [-0.05, 0) is 56.3 Å². The van der Waals surface area contributed by atoms with Crippen LogP contribution >= 0.6 is 0 Å². The molecule has 0 spiro atoms. The molecule has 0 aliphatic heterocycles. The summed E-state index contributed by atoms with van der Waals surface area (Å²) in [4.78, 5) is 11.7. The van der Waals surface area contributed by atoms with Crippen molar-refractivity contribution in [1.29, 1.82) is 0 Å². The molecule has 0 saturated heterocycles. The number of nitrogens with one attached hydrogen (secondary N) is 1. The first-order chi connectivity index (χ1) is 10.5. The molecule has 116 valence electrons. The average Bonchev–Trinajstić information content (AvgIpc) is 2.48. The average molecular weight is 301 g/mol. The Bertz CT molecular complexity index is 650. The summed E-state index contributed by atoms with van der Waals surface area (Å²) < 4.78 is 5.11. The van der Waals surface area contributed by atoms with E-state index in [9.17, 15) is 15.0 Å². The lowest BCUT2D eigenvalue weighted by Gasteiger charge is -2.10. The second-order valence-electron chi connectivity index (χ2n) is 5.20. The Morgan fingerprint density at radius 2 is 1.82 bits per heavy atom. The molecule has 0 heterocycles. The van der Waals surface area contributed by atoms with Crippen LogP contribution in [0.2, 0.25) is 0 Å². The third kappa shape index (κ3) is 4.15. The normalized spacial score (nSPS) is 10.5. The number of phenolic OH excluding ortho intramolecular Hbond substituents is 2. The number of carbonyl (C=O) groups excluding carboxylic acids is 1. The van der Waals surface area contributed by atoms with E-state index in [1.807, 2.05) is 0 Å². The Hall–Kier alpha value is -2.69. The summed E-state index contributed by atoms with van der Waals surface area (Å²) in [5, 5.41) is 22.2. The summed E-state index contributed by atoms with van der Waals surface area (Å²) in [5.74, 6) is -0.143. The Kier molecular flexibility index (Phi) is 4.88. The van der Waals surface area contributed by atoms with Crippen molar-refractivity contribution in [2.24, 2.45) is 0 Å². The third-order valence-electron chi connectivity index (χ3n) is 3.01. The first kappa shape index (κ1) is 15.7. The van der Waals surface area contributed by atoms with E-state index in [4.69, 9.17) is 4.74 Å². The summed E-state index contributed by atoms with van der Waals surface area (Å²) in [6, 6.07) is 11.2. The van der Waals surface area contributed by atoms with Crippen molar-refractivity contribution in [2.45, 2.75) is 26.5 Å². The number of phenols is 2. The molecule has 0 amide bonds. The van der Waals surface area contributed by atoms with Crippen molar-refractivity contribution in [3.63, 3.8) is 0 Å². The maximum atomic E-state index is 11.7. The van der Waals surface area contributed by atoms with E-state index in [0.717, 1.165) is 5.69 Å². The summed E-state index contributed by atoms with van der Waals surface area (Å²) in [6.45, 7) is 3.96. The molecule has 2 aromatic rings. The van der Waals surface area contributed by atoms with Crippen LogP contribution in [0, 0.1) is 0 Å². The van der Waals surface area contributed by atoms with Crippen molar-refractivity contribution in [1.82, 2.24) is 0 Å². The van der Waals surface area contributed by atoms with Crippen LogP contribution in [0.3, 0.4) is 0 Å². The highest BCUT2D eigenvalue weighted by molar-refractivity contribution is 5.89. The second-order valence-corrected chi connectivity index (χ2v) is 5.20. The van der Waals surface area contributed by atoms with Gasteiger partial charge in [-0.3, -0.25) is 0 Å². The van der Waals surface area contributed by atoms with E-state index in [1.165, 1.54) is 18.2 Å². The molecule has 2 rings (SSSR count). The van der Waals surface area contributed by atoms with Crippen LogP contribution in [0.1, 0.15) is 29.8 Å². The van der Waals surface area contributed by atoms with Crippen LogP contribution in [0.4, 0.5) is 5.69 Å². The fourth-order valence-corrected chi connectivity index (χ4v) is 1.92. The fraction of sp³-hybridized carbons (Fsp3) is 0.235. The highest BCUT2D eigenvalue weighted by Gasteiger charge is 2.09. The second kappa shape index (κ2) is 6.85. The topological polar surface area (TPSA) is 78.8 Å². The Balaban J connectivity index is 1.99. The van der Waals surface area contributed by atoms with Crippen LogP contribution in [-0.4, -0.2) is 22.3 Å². The first-order valence-corrected chi connectivity index (χ1v) is 7.01. The minimum absolute atomic E-state index is 0.0985. The Morgan fingerprint density at radius 3 is 2.45 bits per heavy atom. The lowest BCUT2D eigenvalue weighted by atomic mass is 10.1. The molecular formula is C17H19NO4. The predicted molar refractivity (Wildman–Crippen MR) is 84.1 cm³/mol. The minimum Gasteiger partial charge on any atom is -0.508 e. The molecule has 5 heteroatoms. The molecule has 0 saturated carbocycles. The molecule has 0 unspecified atom stereocenters. The SMILES string of the molecule is CC(C)OC(=O)c1ccc(NCc2cc(O)ccc2O)cc1. The molecule has 0 bridgehead atoms. The van der Waals surface area contributed by atoms with E-state index in [1.54, 1.807) is 38.1 Å². The van der Waals surface area contributed by atoms with Crippen molar-refractivity contribution in [2.75, 3.05) is 5.32 Å². The van der Waals surface area contributed by atoms with Crippen molar-refractivity contribution in [3.05, 3.63) is 53.6 Å². The highest BCUT2D eigenvalue weighted by atomic mass is 16.5. The van der Waals surface area contributed by atoms with Crippen molar-refractivity contribution in [3.8, 4) is 11.5 Å². The van der Waals surface area contributed by atoms with Gasteiger partial charge in [-0.25, -0.2) is 4.79 Å². The molecule has 0 atom stereocenters. The molecule has 0 aromatic heterocycles. The molecule has 3 N–H and O–H groups in total. The number of hydrogen-bond acceptors (Lipinski definition) is 5. The highest BCUT2D eigenvalue weighted by Crippen LogP contribution is 2.23. The minimum atomic E-state index is -0.354. The molecule has 0 radical (unpaired) electrons. The lowest BCUT2D eigenvalue weighted by Crippen LogP contribution is -2.11. The van der Waals surface area contributed by atoms with Gasteiger partial charge in [0, 0.05) is 17.8 Å². The summed E-state index contributed by atoms with van der Waals surface area (Å²) in [6.07, 6.45) is -0.154. The van der Waals surface area contributed by atoms with Gasteiger partial charge >= 0.3 is 5.97 Å². The Labute approximate surface area is 129 Å². The molecule has 0 fully saturated rings. The zero-order chi connectivity index (χ0) is 16.1. The van der Waals surface area contributed by atoms with Crippen LogP contribution in [0.15, 0.2) is 42.5 Å². The molecular weight excluding hydrogens is 282 g/mol. The maximum absolute atomic E-state index is 11.7. The number of hydrogen-bond donors (Lipinski definition) is 3. The fourth-order valence-electron chi connectivity index (χ4n) is 1.92. The van der Waals surface area contributed by atoms with Gasteiger partial charge in [0.05, 0.1) is 11.7 Å². The first-order valence-electron chi connectivity index (χ1n) is 7.01. The number of rotatable bonds is 5. The molecule has 22 heavy (non-hydrogen) atoms. The lowest BCUT2D eigenvalue weighted by molar-refractivity contribution is 0.0378. The van der Waals surface area contributed by atoms with E-state index in [0.29, 0.717) is 17.7 Å². The van der Waals surface area contributed by atoms with E-state index >= 15 is 0 Å². The number of esters is 1. The largest absolute Gasteiger partial charge is 0.508 e. The van der Waals surface area contributed by atoms with Gasteiger partial charge in [0.15, 0.2) is 0 Å². The molecule has 0 aliphatic rings. The van der Waals surface area contributed by atoms with Crippen LogP contribution in [0.25, 0.3) is 0 Å². The van der Waals surface area contributed by atoms with Gasteiger partial charge in [0.25, 0.3) is 0 Å². The van der Waals surface area contributed by atoms with E-state index in [2.05, 4.69) is 5.32 Å². The molecule has 2 aromatic carbocycles. The monoisotopic (exact) mass is 301 g/mol. The van der Waals surface area contributed by atoms with Gasteiger partial charge in [-0.15, -0.1) is 0 Å². The zero-order valence-electron chi connectivity index (χ0n) is 12.5. The number of aromatic hydroxyl groups is 2. The molecule has 0 aliphatic carbocycles.